The molecule has 1 N–H and O–H groups in total. The first-order valence-corrected chi connectivity index (χ1v) is 5.72. The molecule has 0 aromatic carbocycles. The van der Waals surface area contributed by atoms with Crippen molar-refractivity contribution < 1.29 is 14.7 Å². The van der Waals surface area contributed by atoms with Gasteiger partial charge in [-0.15, -0.1) is 0 Å². The van der Waals surface area contributed by atoms with Crippen LogP contribution in [0, 0.1) is 0 Å². The number of pyridine rings is 1. The maximum atomic E-state index is 12.1. The predicted octanol–water partition coefficient (Wildman–Crippen LogP) is 1.34. The van der Waals surface area contributed by atoms with Crippen molar-refractivity contribution in [2.24, 2.45) is 0 Å². The zero-order valence-corrected chi connectivity index (χ0v) is 10.9. The summed E-state index contributed by atoms with van der Waals surface area (Å²) in [5.41, 5.74) is 0.317. The molecule has 0 atom stereocenters. The van der Waals surface area contributed by atoms with Gasteiger partial charge in [-0.1, -0.05) is 0 Å². The molecule has 5 nitrogen and oxygen atoms in total. The van der Waals surface area contributed by atoms with Gasteiger partial charge in [-0.2, -0.15) is 0 Å². The highest BCUT2D eigenvalue weighted by Gasteiger charge is 2.28. The Labute approximate surface area is 106 Å². The zero-order valence-electron chi connectivity index (χ0n) is 10.9. The highest BCUT2D eigenvalue weighted by Crippen LogP contribution is 2.15. The number of aromatic nitrogens is 1. The van der Waals surface area contributed by atoms with Crippen LogP contribution in [0.2, 0.25) is 0 Å². The van der Waals surface area contributed by atoms with Crippen molar-refractivity contribution in [1.82, 2.24) is 9.88 Å². The SMILES string of the molecule is CC(C)(C)N(CC(=O)O)C(=O)Cc1ccncc1. The summed E-state index contributed by atoms with van der Waals surface area (Å²) in [6.07, 6.45) is 3.41. The van der Waals surface area contributed by atoms with Crippen LogP contribution in [0.1, 0.15) is 26.3 Å². The maximum Gasteiger partial charge on any atom is 0.323 e. The lowest BCUT2D eigenvalue weighted by Crippen LogP contribution is -2.48. The molecule has 0 spiro atoms. The van der Waals surface area contributed by atoms with Crippen LogP contribution in [0.3, 0.4) is 0 Å². The minimum Gasteiger partial charge on any atom is -0.480 e. The third-order valence-electron chi connectivity index (χ3n) is 2.51. The maximum absolute atomic E-state index is 12.1. The lowest BCUT2D eigenvalue weighted by Gasteiger charge is -2.34. The molecule has 0 radical (unpaired) electrons. The van der Waals surface area contributed by atoms with Gasteiger partial charge in [0.15, 0.2) is 0 Å². The first kappa shape index (κ1) is 14.2. The number of nitrogens with zero attached hydrogens (tertiary/aromatic N) is 2. The molecule has 0 unspecified atom stereocenters. The summed E-state index contributed by atoms with van der Waals surface area (Å²) in [5.74, 6) is -1.20. The number of carboxylic acids is 1. The third kappa shape index (κ3) is 4.16. The van der Waals surface area contributed by atoms with Gasteiger partial charge in [-0.3, -0.25) is 14.6 Å². The van der Waals surface area contributed by atoms with Crippen molar-refractivity contribution in [2.45, 2.75) is 32.7 Å². The van der Waals surface area contributed by atoms with Gasteiger partial charge in [0.1, 0.15) is 6.54 Å². The van der Waals surface area contributed by atoms with Crippen molar-refractivity contribution in [3.8, 4) is 0 Å². The number of hydrogen-bond donors (Lipinski definition) is 1. The molecule has 1 amide bonds. The molecule has 0 aliphatic rings. The summed E-state index contributed by atoms with van der Waals surface area (Å²) in [4.78, 5) is 28.2. The van der Waals surface area contributed by atoms with Crippen LogP contribution in [0.15, 0.2) is 24.5 Å². The number of aliphatic carboxylic acids is 1. The first-order valence-electron chi connectivity index (χ1n) is 5.72. The van der Waals surface area contributed by atoms with E-state index in [1.807, 2.05) is 20.8 Å². The Kier molecular flexibility index (Phi) is 4.42. The fourth-order valence-electron chi connectivity index (χ4n) is 1.61. The molecule has 1 aromatic heterocycles. The third-order valence-corrected chi connectivity index (χ3v) is 2.51. The smallest absolute Gasteiger partial charge is 0.323 e. The molecular weight excluding hydrogens is 232 g/mol. The number of hydrogen-bond acceptors (Lipinski definition) is 3. The van der Waals surface area contributed by atoms with Gasteiger partial charge in [0.25, 0.3) is 0 Å². The lowest BCUT2D eigenvalue weighted by molar-refractivity contribution is -0.147. The molecule has 18 heavy (non-hydrogen) atoms. The van der Waals surface area contributed by atoms with E-state index >= 15 is 0 Å². The number of carbonyl (C=O) groups is 2. The second-order valence-electron chi connectivity index (χ2n) is 5.08. The van der Waals surface area contributed by atoms with Gasteiger partial charge in [0.05, 0.1) is 6.42 Å². The molecule has 5 heteroatoms. The first-order chi connectivity index (χ1) is 8.30. The van der Waals surface area contributed by atoms with E-state index in [9.17, 15) is 9.59 Å². The van der Waals surface area contributed by atoms with Crippen LogP contribution in [-0.4, -0.2) is 39.0 Å². The molecule has 1 heterocycles. The normalized spacial score (nSPS) is 11.1. The van der Waals surface area contributed by atoms with Crippen LogP contribution < -0.4 is 0 Å². The summed E-state index contributed by atoms with van der Waals surface area (Å²) in [6, 6.07) is 3.50. The van der Waals surface area contributed by atoms with Gasteiger partial charge in [0.2, 0.25) is 5.91 Å². The minimum absolute atomic E-state index is 0.188. The van der Waals surface area contributed by atoms with Gasteiger partial charge >= 0.3 is 5.97 Å². The number of amides is 1. The molecule has 0 bridgehead atoms. The second kappa shape index (κ2) is 5.62. The average molecular weight is 250 g/mol. The summed E-state index contributed by atoms with van der Waals surface area (Å²) < 4.78 is 0. The van der Waals surface area contributed by atoms with Crippen molar-refractivity contribution in [3.05, 3.63) is 30.1 Å². The Balaban J connectivity index is 2.80. The quantitative estimate of drug-likeness (QED) is 0.875. The Morgan fingerprint density at radius 1 is 1.28 bits per heavy atom. The molecular formula is C13H18N2O3. The van der Waals surface area contributed by atoms with Gasteiger partial charge in [-0.05, 0) is 38.5 Å². The summed E-state index contributed by atoms with van der Waals surface area (Å²) in [6.45, 7) is 5.18. The molecule has 1 aromatic rings. The Hall–Kier alpha value is -1.91. The van der Waals surface area contributed by atoms with E-state index in [1.54, 1.807) is 24.5 Å². The van der Waals surface area contributed by atoms with Crippen LogP contribution in [0.25, 0.3) is 0 Å². The highest BCUT2D eigenvalue weighted by molar-refractivity contribution is 5.83. The highest BCUT2D eigenvalue weighted by atomic mass is 16.4. The topological polar surface area (TPSA) is 70.5 Å². The number of carboxylic acid groups (broad SMARTS) is 1. The van der Waals surface area contributed by atoms with E-state index in [-0.39, 0.29) is 18.9 Å². The predicted molar refractivity (Wildman–Crippen MR) is 67.0 cm³/mol. The van der Waals surface area contributed by atoms with E-state index in [0.717, 1.165) is 5.56 Å². The van der Waals surface area contributed by atoms with Crippen LogP contribution >= 0.6 is 0 Å². The van der Waals surface area contributed by atoms with E-state index in [0.29, 0.717) is 0 Å². The molecule has 98 valence electrons. The summed E-state index contributed by atoms with van der Waals surface area (Å²) in [5, 5.41) is 8.86. The summed E-state index contributed by atoms with van der Waals surface area (Å²) in [7, 11) is 0. The van der Waals surface area contributed by atoms with E-state index < -0.39 is 11.5 Å². The van der Waals surface area contributed by atoms with Crippen molar-refractivity contribution >= 4 is 11.9 Å². The molecule has 0 saturated heterocycles. The molecule has 0 aliphatic heterocycles. The Bertz CT molecular complexity index is 424. The zero-order chi connectivity index (χ0) is 13.8. The molecule has 0 fully saturated rings. The van der Waals surface area contributed by atoms with Gasteiger partial charge in [-0.25, -0.2) is 0 Å². The Morgan fingerprint density at radius 2 is 1.83 bits per heavy atom. The molecule has 0 aliphatic carbocycles. The van der Waals surface area contributed by atoms with Gasteiger partial charge < -0.3 is 10.0 Å². The largest absolute Gasteiger partial charge is 0.480 e. The van der Waals surface area contributed by atoms with E-state index in [2.05, 4.69) is 4.98 Å². The van der Waals surface area contributed by atoms with Crippen molar-refractivity contribution in [1.29, 1.82) is 0 Å². The standard InChI is InChI=1S/C13H18N2O3/c1-13(2,3)15(9-12(17)18)11(16)8-10-4-6-14-7-5-10/h4-7H,8-9H2,1-3H3,(H,17,18). The number of rotatable bonds is 4. The van der Waals surface area contributed by atoms with E-state index in [1.165, 1.54) is 4.90 Å². The second-order valence-corrected chi connectivity index (χ2v) is 5.08. The Morgan fingerprint density at radius 3 is 2.28 bits per heavy atom. The number of carbonyl (C=O) groups excluding carboxylic acids is 1. The van der Waals surface area contributed by atoms with Crippen LogP contribution in [0.5, 0.6) is 0 Å². The minimum atomic E-state index is -1.01. The lowest BCUT2D eigenvalue weighted by atomic mass is 10.0. The van der Waals surface area contributed by atoms with Crippen molar-refractivity contribution in [3.63, 3.8) is 0 Å². The average Bonchev–Trinajstić information content (AvgIpc) is 2.25. The summed E-state index contributed by atoms with van der Waals surface area (Å²) >= 11 is 0. The van der Waals surface area contributed by atoms with Crippen LogP contribution in [0.4, 0.5) is 0 Å². The van der Waals surface area contributed by atoms with Gasteiger partial charge in [0, 0.05) is 17.9 Å². The fraction of sp³-hybridized carbons (Fsp3) is 0.462. The fourth-order valence-corrected chi connectivity index (χ4v) is 1.61. The molecule has 0 saturated carbocycles. The van der Waals surface area contributed by atoms with Crippen molar-refractivity contribution in [2.75, 3.05) is 6.54 Å². The van der Waals surface area contributed by atoms with Crippen LogP contribution in [-0.2, 0) is 16.0 Å². The molecule has 1 rings (SSSR count). The van der Waals surface area contributed by atoms with E-state index in [4.69, 9.17) is 5.11 Å². The monoisotopic (exact) mass is 250 g/mol.